The van der Waals surface area contributed by atoms with Crippen molar-refractivity contribution in [3.05, 3.63) is 12.3 Å². The molecule has 0 rings (SSSR count). The predicted molar refractivity (Wildman–Crippen MR) is 55.8 cm³/mol. The van der Waals surface area contributed by atoms with Crippen LogP contribution in [0.3, 0.4) is 0 Å². The van der Waals surface area contributed by atoms with Gasteiger partial charge in [-0.3, -0.25) is 4.57 Å². The first kappa shape index (κ1) is 13.7. The molecule has 84 valence electrons. The van der Waals surface area contributed by atoms with Crippen LogP contribution in [-0.4, -0.2) is 50.5 Å². The van der Waals surface area contributed by atoms with Crippen LogP contribution in [0.1, 0.15) is 0 Å². The topological polar surface area (TPSA) is 59.0 Å². The van der Waals surface area contributed by atoms with Crippen LogP contribution in [0.2, 0.25) is 0 Å². The van der Waals surface area contributed by atoms with Crippen molar-refractivity contribution >= 4 is 7.60 Å². The molecule has 0 saturated carbocycles. The molecule has 0 aromatic rings. The Bertz CT molecular complexity index is 217. The summed E-state index contributed by atoms with van der Waals surface area (Å²) in [5.74, 6) is 0. The van der Waals surface area contributed by atoms with Crippen molar-refractivity contribution in [2.24, 2.45) is 0 Å². The Balaban J connectivity index is 3.66. The highest BCUT2D eigenvalue weighted by atomic mass is 31.2. The minimum Gasteiger partial charge on any atom is -0.516 e. The Hall–Kier alpha value is -0.350. The fraction of sp³-hybridized carbons (Fsp3) is 0.750. The van der Waals surface area contributed by atoms with Crippen LogP contribution in [0, 0.1) is 0 Å². The molecule has 0 bridgehead atoms. The van der Waals surface area contributed by atoms with Gasteiger partial charge >= 0.3 is 7.60 Å². The van der Waals surface area contributed by atoms with E-state index in [-0.39, 0.29) is 6.61 Å². The highest BCUT2D eigenvalue weighted by Gasteiger charge is 2.15. The number of likely N-dealkylation sites (N-methyl/N-ethyl adjacent to an activating group) is 1. The van der Waals surface area contributed by atoms with E-state index >= 15 is 0 Å². The van der Waals surface area contributed by atoms with E-state index in [0.29, 0.717) is 13.2 Å². The van der Waals surface area contributed by atoms with E-state index in [2.05, 4.69) is 0 Å². The highest BCUT2D eigenvalue weighted by molar-refractivity contribution is 7.52. The number of hydrogen-bond acceptors (Lipinski definition) is 5. The molecule has 1 N–H and O–H groups in total. The molecule has 0 aliphatic heterocycles. The quantitative estimate of drug-likeness (QED) is 0.523. The largest absolute Gasteiger partial charge is 0.516 e. The van der Waals surface area contributed by atoms with Gasteiger partial charge in [-0.25, -0.2) is 0 Å². The Labute approximate surface area is 84.8 Å². The second kappa shape index (κ2) is 7.01. The summed E-state index contributed by atoms with van der Waals surface area (Å²) in [5, 5.41) is 8.31. The average Bonchev–Trinajstić information content (AvgIpc) is 2.03. The van der Waals surface area contributed by atoms with Gasteiger partial charge in [-0.15, -0.1) is 0 Å². The average molecular weight is 223 g/mol. The normalized spacial score (nSPS) is 16.3. The molecule has 0 saturated heterocycles. The van der Waals surface area contributed by atoms with Gasteiger partial charge in [-0.1, -0.05) is 0 Å². The molecule has 0 spiro atoms. The van der Waals surface area contributed by atoms with Crippen LogP contribution < -0.4 is 0 Å². The Morgan fingerprint density at radius 1 is 1.43 bits per heavy atom. The smallest absolute Gasteiger partial charge is 0.327 e. The molecule has 0 aromatic heterocycles. The standard InChI is InChI=1S/C8H18NO4P/c1-9(2)5-8-13-14(3,11)12-7-4-6-10/h4,6,10H,5,7-8H2,1-3H3/b6-4+. The van der Waals surface area contributed by atoms with Crippen molar-refractivity contribution in [3.63, 3.8) is 0 Å². The Kier molecular flexibility index (Phi) is 6.83. The first-order chi connectivity index (χ1) is 6.48. The third-order valence-electron chi connectivity index (χ3n) is 1.37. The maximum Gasteiger partial charge on any atom is 0.327 e. The van der Waals surface area contributed by atoms with Gasteiger partial charge in [0.25, 0.3) is 0 Å². The molecule has 6 heteroatoms. The Morgan fingerprint density at radius 2 is 2.07 bits per heavy atom. The van der Waals surface area contributed by atoms with Crippen LogP contribution in [0.15, 0.2) is 12.3 Å². The molecular formula is C8H18NO4P. The molecule has 0 amide bonds. The second-order valence-corrected chi connectivity index (χ2v) is 5.15. The zero-order valence-electron chi connectivity index (χ0n) is 8.84. The van der Waals surface area contributed by atoms with E-state index in [1.54, 1.807) is 0 Å². The second-order valence-electron chi connectivity index (χ2n) is 3.09. The van der Waals surface area contributed by atoms with Crippen LogP contribution in [0.4, 0.5) is 0 Å². The highest BCUT2D eigenvalue weighted by Crippen LogP contribution is 2.43. The van der Waals surface area contributed by atoms with E-state index in [1.165, 1.54) is 12.7 Å². The lowest BCUT2D eigenvalue weighted by Crippen LogP contribution is -2.17. The SMILES string of the molecule is CN(C)CCOP(C)(=O)OC/C=C/O. The van der Waals surface area contributed by atoms with Gasteiger partial charge in [-0.2, -0.15) is 0 Å². The molecule has 0 aliphatic carbocycles. The number of aliphatic hydroxyl groups excluding tert-OH is 1. The van der Waals surface area contributed by atoms with Gasteiger partial charge in [-0.05, 0) is 20.2 Å². The molecular weight excluding hydrogens is 205 g/mol. The van der Waals surface area contributed by atoms with Gasteiger partial charge in [0.2, 0.25) is 0 Å². The van der Waals surface area contributed by atoms with Gasteiger partial charge in [0, 0.05) is 13.2 Å². The molecule has 5 nitrogen and oxygen atoms in total. The molecule has 0 fully saturated rings. The van der Waals surface area contributed by atoms with Crippen molar-refractivity contribution in [1.29, 1.82) is 0 Å². The van der Waals surface area contributed by atoms with Crippen LogP contribution in [0.25, 0.3) is 0 Å². The minimum atomic E-state index is -2.97. The zero-order valence-corrected chi connectivity index (χ0v) is 9.74. The van der Waals surface area contributed by atoms with E-state index in [0.717, 1.165) is 6.26 Å². The lowest BCUT2D eigenvalue weighted by atomic mass is 10.6. The van der Waals surface area contributed by atoms with E-state index in [9.17, 15) is 4.57 Å². The zero-order chi connectivity index (χ0) is 11.0. The summed E-state index contributed by atoms with van der Waals surface area (Å²) in [6.45, 7) is 2.56. The summed E-state index contributed by atoms with van der Waals surface area (Å²) in [6, 6.07) is 0. The van der Waals surface area contributed by atoms with Gasteiger partial charge < -0.3 is 19.1 Å². The fourth-order valence-corrected chi connectivity index (χ4v) is 1.49. The minimum absolute atomic E-state index is 0.0895. The van der Waals surface area contributed by atoms with E-state index < -0.39 is 7.60 Å². The molecule has 1 atom stereocenters. The summed E-state index contributed by atoms with van der Waals surface area (Å²) in [5.41, 5.74) is 0. The molecule has 1 unspecified atom stereocenters. The molecule has 0 heterocycles. The third-order valence-corrected chi connectivity index (χ3v) is 2.64. The summed E-state index contributed by atoms with van der Waals surface area (Å²) in [7, 11) is 0.837. The fourth-order valence-electron chi connectivity index (χ4n) is 0.648. The predicted octanol–water partition coefficient (Wildman–Crippen LogP) is 1.48. The summed E-state index contributed by atoms with van der Waals surface area (Å²) >= 11 is 0. The van der Waals surface area contributed by atoms with Crippen molar-refractivity contribution in [2.45, 2.75) is 0 Å². The van der Waals surface area contributed by atoms with E-state index in [4.69, 9.17) is 14.2 Å². The van der Waals surface area contributed by atoms with Gasteiger partial charge in [0.05, 0.1) is 19.5 Å². The number of nitrogens with zero attached hydrogens (tertiary/aromatic N) is 1. The van der Waals surface area contributed by atoms with Crippen molar-refractivity contribution in [2.75, 3.05) is 40.5 Å². The van der Waals surface area contributed by atoms with Crippen LogP contribution in [-0.2, 0) is 13.6 Å². The summed E-state index contributed by atoms with van der Waals surface area (Å²) < 4.78 is 21.5. The number of aliphatic hydroxyl groups is 1. The molecule has 0 radical (unpaired) electrons. The third kappa shape index (κ3) is 8.26. The van der Waals surface area contributed by atoms with Crippen LogP contribution >= 0.6 is 7.60 Å². The van der Waals surface area contributed by atoms with Gasteiger partial charge in [0.15, 0.2) is 0 Å². The van der Waals surface area contributed by atoms with Crippen molar-refractivity contribution < 1.29 is 18.7 Å². The lowest BCUT2D eigenvalue weighted by molar-refractivity contribution is 0.203. The summed E-state index contributed by atoms with van der Waals surface area (Å²) in [4.78, 5) is 1.92. The number of hydrogen-bond donors (Lipinski definition) is 1. The lowest BCUT2D eigenvalue weighted by Gasteiger charge is -2.15. The van der Waals surface area contributed by atoms with Crippen molar-refractivity contribution in [3.8, 4) is 0 Å². The maximum absolute atomic E-state index is 11.5. The van der Waals surface area contributed by atoms with Gasteiger partial charge in [0.1, 0.15) is 0 Å². The monoisotopic (exact) mass is 223 g/mol. The number of rotatable bonds is 7. The molecule has 0 aliphatic rings. The maximum atomic E-state index is 11.5. The van der Waals surface area contributed by atoms with Crippen molar-refractivity contribution in [1.82, 2.24) is 4.90 Å². The van der Waals surface area contributed by atoms with Crippen LogP contribution in [0.5, 0.6) is 0 Å². The first-order valence-corrected chi connectivity index (χ1v) is 6.27. The molecule has 0 aromatic carbocycles. The Morgan fingerprint density at radius 3 is 2.57 bits per heavy atom. The summed E-state index contributed by atoms with van der Waals surface area (Å²) in [6.07, 6.45) is 2.20. The van der Waals surface area contributed by atoms with E-state index in [1.807, 2.05) is 19.0 Å². The molecule has 14 heavy (non-hydrogen) atoms. The first-order valence-electron chi connectivity index (χ1n) is 4.28.